The lowest BCUT2D eigenvalue weighted by atomic mass is 10.0. The van der Waals surface area contributed by atoms with E-state index in [-0.39, 0.29) is 12.0 Å². The molecule has 3 rings (SSSR count). The molecule has 0 saturated heterocycles. The Kier molecular flexibility index (Phi) is 3.98. The second kappa shape index (κ2) is 6.09. The van der Waals surface area contributed by atoms with Crippen molar-refractivity contribution >= 4 is 12.3 Å². The number of nitrogen functional groups attached to an aromatic ring is 1. The van der Waals surface area contributed by atoms with E-state index in [1.54, 1.807) is 0 Å². The highest BCUT2D eigenvalue weighted by Crippen LogP contribution is 2.24. The molecule has 0 bridgehead atoms. The van der Waals surface area contributed by atoms with Crippen molar-refractivity contribution in [1.82, 2.24) is 14.9 Å². The molecular weight excluding hydrogens is 286 g/mol. The van der Waals surface area contributed by atoms with E-state index in [2.05, 4.69) is 45.9 Å². The Hall–Kier alpha value is -2.87. The van der Waals surface area contributed by atoms with Crippen LogP contribution in [0, 0.1) is 25.7 Å². The molecule has 0 amide bonds. The standard InChI is InChI=1S/C18H19N5/c1-12-5-4-6-14(9-12)17-16(13(2)21-18(19)22-17)8-7-15-10-20-11-23(15)3/h4-6,9,11,15H,10H2,1-3H3,(H2,19,21,22). The first kappa shape index (κ1) is 15.0. The van der Waals surface area contributed by atoms with Crippen LogP contribution in [0.4, 0.5) is 5.95 Å². The van der Waals surface area contributed by atoms with Crippen LogP contribution in [-0.2, 0) is 0 Å². The number of hydrogen-bond donors (Lipinski definition) is 1. The molecule has 5 heteroatoms. The summed E-state index contributed by atoms with van der Waals surface area (Å²) < 4.78 is 0. The van der Waals surface area contributed by atoms with Crippen LogP contribution in [-0.4, -0.2) is 40.8 Å². The maximum Gasteiger partial charge on any atom is 0.220 e. The minimum Gasteiger partial charge on any atom is -0.368 e. The molecule has 2 N–H and O–H groups in total. The Balaban J connectivity index is 2.08. The van der Waals surface area contributed by atoms with Gasteiger partial charge in [0, 0.05) is 12.6 Å². The van der Waals surface area contributed by atoms with Crippen LogP contribution in [0.15, 0.2) is 29.3 Å². The highest BCUT2D eigenvalue weighted by Gasteiger charge is 2.15. The number of hydrogen-bond acceptors (Lipinski definition) is 5. The number of aryl methyl sites for hydroxylation is 2. The van der Waals surface area contributed by atoms with Crippen molar-refractivity contribution in [3.63, 3.8) is 0 Å². The first-order valence-electron chi connectivity index (χ1n) is 7.49. The molecular formula is C18H19N5. The van der Waals surface area contributed by atoms with Crippen LogP contribution in [0.3, 0.4) is 0 Å². The van der Waals surface area contributed by atoms with Gasteiger partial charge in [-0.1, -0.05) is 35.6 Å². The smallest absolute Gasteiger partial charge is 0.220 e. The van der Waals surface area contributed by atoms with Crippen molar-refractivity contribution in [3.05, 3.63) is 41.1 Å². The van der Waals surface area contributed by atoms with E-state index in [4.69, 9.17) is 5.73 Å². The molecule has 1 unspecified atom stereocenters. The fraction of sp³-hybridized carbons (Fsp3) is 0.278. The molecule has 1 aromatic heterocycles. The molecule has 2 heterocycles. The summed E-state index contributed by atoms with van der Waals surface area (Å²) in [7, 11) is 1.98. The lowest BCUT2D eigenvalue weighted by Crippen LogP contribution is -2.25. The van der Waals surface area contributed by atoms with Crippen LogP contribution in [0.2, 0.25) is 0 Å². The van der Waals surface area contributed by atoms with Gasteiger partial charge in [-0.3, -0.25) is 4.99 Å². The number of anilines is 1. The monoisotopic (exact) mass is 305 g/mol. The number of benzene rings is 1. The van der Waals surface area contributed by atoms with Crippen LogP contribution in [0.1, 0.15) is 16.8 Å². The molecule has 1 atom stereocenters. The zero-order valence-electron chi connectivity index (χ0n) is 13.5. The molecule has 0 saturated carbocycles. The van der Waals surface area contributed by atoms with E-state index in [0.29, 0.717) is 6.54 Å². The predicted octanol–water partition coefficient (Wildman–Crippen LogP) is 2.04. The zero-order chi connectivity index (χ0) is 16.4. The fourth-order valence-electron chi connectivity index (χ4n) is 2.53. The van der Waals surface area contributed by atoms with E-state index < -0.39 is 0 Å². The summed E-state index contributed by atoms with van der Waals surface area (Å²) in [6.45, 7) is 4.66. The Morgan fingerprint density at radius 1 is 1.26 bits per heavy atom. The van der Waals surface area contributed by atoms with E-state index in [0.717, 1.165) is 22.5 Å². The molecule has 1 aliphatic rings. The van der Waals surface area contributed by atoms with Crippen LogP contribution in [0.5, 0.6) is 0 Å². The number of aromatic nitrogens is 2. The van der Waals surface area contributed by atoms with E-state index in [9.17, 15) is 0 Å². The Bertz CT molecular complexity index is 829. The number of aliphatic imine (C=N–C) groups is 1. The third-order valence-electron chi connectivity index (χ3n) is 3.80. The van der Waals surface area contributed by atoms with Crippen LogP contribution >= 0.6 is 0 Å². The zero-order valence-corrected chi connectivity index (χ0v) is 13.5. The summed E-state index contributed by atoms with van der Waals surface area (Å²) in [5.74, 6) is 6.78. The second-order valence-corrected chi connectivity index (χ2v) is 5.69. The average Bonchev–Trinajstić information content (AvgIpc) is 2.91. The Morgan fingerprint density at radius 2 is 2.09 bits per heavy atom. The lowest BCUT2D eigenvalue weighted by Gasteiger charge is -2.12. The van der Waals surface area contributed by atoms with Gasteiger partial charge >= 0.3 is 0 Å². The van der Waals surface area contributed by atoms with Crippen molar-refractivity contribution in [3.8, 4) is 23.1 Å². The normalized spacial score (nSPS) is 16.3. The number of likely N-dealkylation sites (N-methyl/N-ethyl adjacent to an activating group) is 1. The second-order valence-electron chi connectivity index (χ2n) is 5.69. The summed E-state index contributed by atoms with van der Waals surface area (Å²) in [4.78, 5) is 14.9. The summed E-state index contributed by atoms with van der Waals surface area (Å²) in [5, 5.41) is 0. The van der Waals surface area contributed by atoms with Gasteiger partial charge in [-0.2, -0.15) is 0 Å². The van der Waals surface area contributed by atoms with E-state index in [1.165, 1.54) is 5.56 Å². The minimum absolute atomic E-state index is 0.0947. The van der Waals surface area contributed by atoms with Gasteiger partial charge in [0.15, 0.2) is 0 Å². The molecule has 0 spiro atoms. The summed E-state index contributed by atoms with van der Waals surface area (Å²) in [6, 6.07) is 8.25. The van der Waals surface area contributed by atoms with Gasteiger partial charge in [0.05, 0.1) is 29.8 Å². The van der Waals surface area contributed by atoms with Crippen LogP contribution < -0.4 is 5.73 Å². The molecule has 116 valence electrons. The molecule has 2 aromatic rings. The third kappa shape index (κ3) is 3.16. The molecule has 23 heavy (non-hydrogen) atoms. The van der Waals surface area contributed by atoms with Gasteiger partial charge in [-0.25, -0.2) is 9.97 Å². The number of rotatable bonds is 1. The van der Waals surface area contributed by atoms with Gasteiger partial charge in [0.2, 0.25) is 5.95 Å². The van der Waals surface area contributed by atoms with Gasteiger partial charge in [-0.05, 0) is 19.9 Å². The Labute approximate surface area is 136 Å². The largest absolute Gasteiger partial charge is 0.368 e. The first-order chi connectivity index (χ1) is 11.0. The molecule has 0 aliphatic carbocycles. The first-order valence-corrected chi connectivity index (χ1v) is 7.49. The van der Waals surface area contributed by atoms with Crippen molar-refractivity contribution in [2.45, 2.75) is 19.9 Å². The average molecular weight is 305 g/mol. The van der Waals surface area contributed by atoms with Crippen molar-refractivity contribution in [2.75, 3.05) is 19.3 Å². The van der Waals surface area contributed by atoms with Gasteiger partial charge in [0.25, 0.3) is 0 Å². The van der Waals surface area contributed by atoms with Crippen molar-refractivity contribution in [1.29, 1.82) is 0 Å². The SMILES string of the molecule is Cc1cccc(-c2nc(N)nc(C)c2C#CC2CN=CN2C)c1. The fourth-order valence-corrected chi connectivity index (χ4v) is 2.53. The quantitative estimate of drug-likeness (QED) is 0.819. The topological polar surface area (TPSA) is 67.4 Å². The third-order valence-corrected chi connectivity index (χ3v) is 3.80. The number of nitrogens with zero attached hydrogens (tertiary/aromatic N) is 4. The van der Waals surface area contributed by atoms with Crippen LogP contribution in [0.25, 0.3) is 11.3 Å². The highest BCUT2D eigenvalue weighted by molar-refractivity contribution is 5.70. The summed E-state index contributed by atoms with van der Waals surface area (Å²) >= 11 is 0. The van der Waals surface area contributed by atoms with Crippen molar-refractivity contribution in [2.24, 2.45) is 4.99 Å². The maximum absolute atomic E-state index is 5.85. The summed E-state index contributed by atoms with van der Waals surface area (Å²) in [5.41, 5.74) is 10.4. The Morgan fingerprint density at radius 3 is 2.78 bits per heavy atom. The molecule has 0 radical (unpaired) electrons. The molecule has 5 nitrogen and oxygen atoms in total. The van der Waals surface area contributed by atoms with Crippen molar-refractivity contribution < 1.29 is 0 Å². The molecule has 1 aromatic carbocycles. The maximum atomic E-state index is 5.85. The predicted molar refractivity (Wildman–Crippen MR) is 93.1 cm³/mol. The minimum atomic E-state index is 0.0947. The number of nitrogens with two attached hydrogens (primary N) is 1. The van der Waals surface area contributed by atoms with Gasteiger partial charge in [-0.15, -0.1) is 0 Å². The van der Waals surface area contributed by atoms with Gasteiger partial charge < -0.3 is 10.6 Å². The summed E-state index contributed by atoms with van der Waals surface area (Å²) in [6.07, 6.45) is 1.81. The van der Waals surface area contributed by atoms with E-state index in [1.807, 2.05) is 37.3 Å². The highest BCUT2D eigenvalue weighted by atomic mass is 15.2. The van der Waals surface area contributed by atoms with E-state index >= 15 is 0 Å². The van der Waals surface area contributed by atoms with Gasteiger partial charge in [0.1, 0.15) is 6.04 Å². The molecule has 0 fully saturated rings. The lowest BCUT2D eigenvalue weighted by molar-refractivity contribution is 0.492. The molecule has 1 aliphatic heterocycles.